The third-order valence-electron chi connectivity index (χ3n) is 7.12. The smallest absolute Gasteiger partial charge is 0.183 e. The van der Waals surface area contributed by atoms with E-state index in [4.69, 9.17) is 19.9 Å². The van der Waals surface area contributed by atoms with Crippen LogP contribution in [0.1, 0.15) is 0 Å². The van der Waals surface area contributed by atoms with Crippen molar-refractivity contribution in [2.75, 3.05) is 0 Å². The maximum absolute atomic E-state index is 5.23. The van der Waals surface area contributed by atoms with Gasteiger partial charge in [0, 0.05) is 42.1 Å². The second-order valence-corrected chi connectivity index (χ2v) is 10.6. The first-order chi connectivity index (χ1) is 19.3. The van der Waals surface area contributed by atoms with Crippen LogP contribution < -0.4 is 0 Å². The molecule has 8 aromatic rings. The van der Waals surface area contributed by atoms with Gasteiger partial charge < -0.3 is 0 Å². The topological polar surface area (TPSA) is 51.6 Å². The van der Waals surface area contributed by atoms with Crippen LogP contribution in [-0.2, 0) is 0 Å². The van der Waals surface area contributed by atoms with E-state index < -0.39 is 0 Å². The zero-order valence-electron chi connectivity index (χ0n) is 20.7. The Bertz CT molecular complexity index is 2110. The fourth-order valence-corrected chi connectivity index (χ4v) is 6.46. The molecule has 0 N–H and O–H groups in total. The molecule has 5 heteroatoms. The Balaban J connectivity index is 1.47. The van der Waals surface area contributed by atoms with Gasteiger partial charge in [-0.3, -0.25) is 0 Å². The number of pyridine rings is 1. The number of fused-ring (bicyclic) bond motifs is 7. The van der Waals surface area contributed by atoms with Crippen molar-refractivity contribution in [2.45, 2.75) is 0 Å². The Hall–Kier alpha value is -5.00. The van der Waals surface area contributed by atoms with Crippen molar-refractivity contribution in [3.05, 3.63) is 121 Å². The van der Waals surface area contributed by atoms with Crippen LogP contribution in [0, 0.1) is 0 Å². The van der Waals surface area contributed by atoms with Gasteiger partial charge in [0.15, 0.2) is 17.5 Å². The second-order valence-electron chi connectivity index (χ2n) is 9.48. The summed E-state index contributed by atoms with van der Waals surface area (Å²) in [6, 6.07) is 41.5. The molecular weight excluding hydrogens is 496 g/mol. The van der Waals surface area contributed by atoms with Crippen LogP contribution >= 0.6 is 11.3 Å². The van der Waals surface area contributed by atoms with Crippen molar-refractivity contribution < 1.29 is 0 Å². The predicted molar refractivity (Wildman–Crippen MR) is 162 cm³/mol. The Morgan fingerprint density at radius 2 is 0.949 bits per heavy atom. The lowest BCUT2D eigenvalue weighted by molar-refractivity contribution is 1.07. The van der Waals surface area contributed by atoms with Gasteiger partial charge in [0.2, 0.25) is 0 Å². The van der Waals surface area contributed by atoms with Crippen LogP contribution in [-0.4, -0.2) is 19.9 Å². The van der Waals surface area contributed by atoms with Crippen LogP contribution in [0.2, 0.25) is 0 Å². The average molecular weight is 517 g/mol. The van der Waals surface area contributed by atoms with Crippen molar-refractivity contribution in [3.8, 4) is 34.3 Å². The number of aromatic nitrogens is 4. The van der Waals surface area contributed by atoms with Gasteiger partial charge in [-0.2, -0.15) is 0 Å². The number of nitrogens with zero attached hydrogens (tertiary/aromatic N) is 4. The molecule has 0 radical (unpaired) electrons. The van der Waals surface area contributed by atoms with Crippen molar-refractivity contribution in [3.63, 3.8) is 0 Å². The van der Waals surface area contributed by atoms with Gasteiger partial charge in [-0.25, -0.2) is 19.9 Å². The van der Waals surface area contributed by atoms with Gasteiger partial charge in [-0.1, -0.05) is 103 Å². The Labute approximate surface area is 228 Å². The summed E-state index contributed by atoms with van der Waals surface area (Å²) in [5.41, 5.74) is 3.57. The number of hydrogen-bond donors (Lipinski definition) is 0. The normalized spacial score (nSPS) is 11.6. The summed E-state index contributed by atoms with van der Waals surface area (Å²) in [4.78, 5) is 20.0. The first kappa shape index (κ1) is 22.0. The van der Waals surface area contributed by atoms with Crippen LogP contribution in [0.3, 0.4) is 0 Å². The molecular formula is C34H20N4S. The Morgan fingerprint density at radius 1 is 0.385 bits per heavy atom. The summed E-state index contributed by atoms with van der Waals surface area (Å²) in [6.07, 6.45) is 0. The Morgan fingerprint density at radius 3 is 1.64 bits per heavy atom. The van der Waals surface area contributed by atoms with E-state index >= 15 is 0 Å². The molecule has 182 valence electrons. The number of rotatable bonds is 3. The van der Waals surface area contributed by atoms with Gasteiger partial charge in [0.1, 0.15) is 5.69 Å². The molecule has 0 spiro atoms. The van der Waals surface area contributed by atoms with Gasteiger partial charge in [0.05, 0.1) is 5.52 Å². The lowest BCUT2D eigenvalue weighted by Crippen LogP contribution is -2.02. The molecule has 0 aliphatic rings. The maximum Gasteiger partial charge on any atom is 0.183 e. The molecule has 0 fully saturated rings. The minimum absolute atomic E-state index is 0.566. The lowest BCUT2D eigenvalue weighted by atomic mass is 9.99. The molecule has 39 heavy (non-hydrogen) atoms. The lowest BCUT2D eigenvalue weighted by Gasteiger charge is -2.12. The molecule has 0 aliphatic heterocycles. The summed E-state index contributed by atoms with van der Waals surface area (Å²) in [5, 5.41) is 5.87. The van der Waals surface area contributed by atoms with Crippen molar-refractivity contribution in [1.29, 1.82) is 0 Å². The van der Waals surface area contributed by atoms with Crippen molar-refractivity contribution in [2.24, 2.45) is 0 Å². The highest BCUT2D eigenvalue weighted by Crippen LogP contribution is 2.42. The van der Waals surface area contributed by atoms with E-state index in [1.54, 1.807) is 0 Å². The molecule has 3 heterocycles. The van der Waals surface area contributed by atoms with E-state index in [9.17, 15) is 0 Å². The van der Waals surface area contributed by atoms with Crippen LogP contribution in [0.5, 0.6) is 0 Å². The highest BCUT2D eigenvalue weighted by Gasteiger charge is 2.19. The molecule has 0 unspecified atom stereocenters. The summed E-state index contributed by atoms with van der Waals surface area (Å²) in [7, 11) is 0. The van der Waals surface area contributed by atoms with Crippen LogP contribution in [0.4, 0.5) is 0 Å². The monoisotopic (exact) mass is 516 g/mol. The number of hydrogen-bond acceptors (Lipinski definition) is 5. The summed E-state index contributed by atoms with van der Waals surface area (Å²) >= 11 is 1.82. The minimum Gasteiger partial charge on any atom is -0.244 e. The molecule has 0 saturated heterocycles. The maximum atomic E-state index is 5.23. The van der Waals surface area contributed by atoms with E-state index in [2.05, 4.69) is 60.7 Å². The van der Waals surface area contributed by atoms with E-state index in [0.717, 1.165) is 33.1 Å². The van der Waals surface area contributed by atoms with Crippen LogP contribution in [0.25, 0.3) is 76.1 Å². The Kier molecular flexibility index (Phi) is 4.96. The van der Waals surface area contributed by atoms with Gasteiger partial charge in [-0.05, 0) is 23.6 Å². The number of benzene rings is 5. The van der Waals surface area contributed by atoms with Gasteiger partial charge in [0.25, 0.3) is 0 Å². The first-order valence-electron chi connectivity index (χ1n) is 12.8. The highest BCUT2D eigenvalue weighted by atomic mass is 32.1. The summed E-state index contributed by atoms with van der Waals surface area (Å²) < 4.78 is 2.55. The zero-order chi connectivity index (χ0) is 25.8. The average Bonchev–Trinajstić information content (AvgIpc) is 3.40. The van der Waals surface area contributed by atoms with Crippen molar-refractivity contribution in [1.82, 2.24) is 19.9 Å². The molecule has 0 atom stereocenters. The molecule has 4 nitrogen and oxygen atoms in total. The fraction of sp³-hybridized carbons (Fsp3) is 0. The summed E-state index contributed by atoms with van der Waals surface area (Å²) in [6.45, 7) is 0. The molecule has 5 aromatic carbocycles. The summed E-state index contributed by atoms with van der Waals surface area (Å²) in [5.74, 6) is 1.82. The molecule has 0 saturated carbocycles. The molecule has 0 aliphatic carbocycles. The van der Waals surface area contributed by atoms with E-state index in [1.807, 2.05) is 72.0 Å². The van der Waals surface area contributed by atoms with Crippen LogP contribution in [0.15, 0.2) is 121 Å². The van der Waals surface area contributed by atoms with E-state index in [-0.39, 0.29) is 0 Å². The minimum atomic E-state index is 0.566. The first-order valence-corrected chi connectivity index (χ1v) is 13.7. The van der Waals surface area contributed by atoms with Gasteiger partial charge >= 0.3 is 0 Å². The SMILES string of the molecule is c1ccc(-c2nc(-c3ccccc3)nc(-c3nc4ccc5sc6ccccc6c5c4c4ccccc34)n2)cc1. The zero-order valence-corrected chi connectivity index (χ0v) is 21.6. The third kappa shape index (κ3) is 3.59. The van der Waals surface area contributed by atoms with Gasteiger partial charge in [-0.15, -0.1) is 11.3 Å². The quantitative estimate of drug-likeness (QED) is 0.220. The molecule has 3 aromatic heterocycles. The standard InChI is InChI=1S/C34H20N4S/c1-3-11-21(12-4-1)32-36-33(22-13-5-2-6-14-22)38-34(37-32)31-24-16-8-7-15-23(24)29-26(35-31)19-20-28-30(29)25-17-9-10-18-27(25)39-28/h1-20H. The van der Waals surface area contributed by atoms with E-state index in [1.165, 1.54) is 25.6 Å². The number of thiophene rings is 1. The fourth-order valence-electron chi connectivity index (χ4n) is 5.34. The third-order valence-corrected chi connectivity index (χ3v) is 8.25. The predicted octanol–water partition coefficient (Wildman–Crippen LogP) is 8.94. The van der Waals surface area contributed by atoms with E-state index in [0.29, 0.717) is 17.5 Å². The molecule has 0 bridgehead atoms. The second kappa shape index (κ2) is 8.79. The largest absolute Gasteiger partial charge is 0.244 e. The molecule has 8 rings (SSSR count). The van der Waals surface area contributed by atoms with Crippen molar-refractivity contribution >= 4 is 53.2 Å². The molecule has 0 amide bonds. The highest BCUT2D eigenvalue weighted by molar-refractivity contribution is 7.26.